The Morgan fingerprint density at radius 3 is 2.55 bits per heavy atom. The fraction of sp³-hybridized carbons (Fsp3) is 0.364. The average Bonchev–Trinajstić information content (AvgIpc) is 2.69. The summed E-state index contributed by atoms with van der Waals surface area (Å²) >= 11 is 6.14. The van der Waals surface area contributed by atoms with Gasteiger partial charge in [0, 0.05) is 43.3 Å². The van der Waals surface area contributed by atoms with Gasteiger partial charge in [0.25, 0.3) is 0 Å². The van der Waals surface area contributed by atoms with Gasteiger partial charge in [0.1, 0.15) is 5.82 Å². The van der Waals surface area contributed by atoms with Gasteiger partial charge in [-0.2, -0.15) is 0 Å². The highest BCUT2D eigenvalue weighted by Crippen LogP contribution is 2.18. The number of halogens is 2. The Morgan fingerprint density at radius 1 is 1.10 bits per heavy atom. The molecule has 2 amide bonds. The van der Waals surface area contributed by atoms with E-state index >= 15 is 0 Å². The second kappa shape index (κ2) is 9.85. The van der Waals surface area contributed by atoms with Crippen LogP contribution in [0.15, 0.2) is 42.5 Å². The van der Waals surface area contributed by atoms with Crippen molar-refractivity contribution in [3.05, 3.63) is 64.4 Å². The van der Waals surface area contributed by atoms with E-state index in [0.717, 1.165) is 16.1 Å². The quantitative estimate of drug-likeness (QED) is 0.782. The van der Waals surface area contributed by atoms with E-state index in [1.165, 1.54) is 12.1 Å². The van der Waals surface area contributed by atoms with Crippen molar-refractivity contribution in [2.24, 2.45) is 0 Å². The first-order valence-corrected chi connectivity index (χ1v) is 10.1. The zero-order chi connectivity index (χ0) is 20.8. The summed E-state index contributed by atoms with van der Waals surface area (Å²) in [5, 5.41) is 3.42. The second-order valence-corrected chi connectivity index (χ2v) is 7.71. The molecule has 0 atom stereocenters. The van der Waals surface area contributed by atoms with Crippen molar-refractivity contribution in [2.75, 3.05) is 38.0 Å². The zero-order valence-corrected chi connectivity index (χ0v) is 17.2. The number of nitrogens with zero attached hydrogens (tertiary/aromatic N) is 2. The molecule has 5 nitrogen and oxygen atoms in total. The molecule has 1 aliphatic rings. The highest BCUT2D eigenvalue weighted by Gasteiger charge is 2.22. The predicted octanol–water partition coefficient (Wildman–Crippen LogP) is 3.50. The number of rotatable bonds is 6. The average molecular weight is 418 g/mol. The Bertz CT molecular complexity index is 882. The van der Waals surface area contributed by atoms with Crippen molar-refractivity contribution in [3.8, 4) is 0 Å². The molecular weight excluding hydrogens is 393 g/mol. The van der Waals surface area contributed by atoms with Crippen molar-refractivity contribution in [1.82, 2.24) is 9.80 Å². The van der Waals surface area contributed by atoms with E-state index in [9.17, 15) is 14.0 Å². The van der Waals surface area contributed by atoms with Crippen LogP contribution in [0, 0.1) is 12.7 Å². The number of nitrogens with one attached hydrogen (secondary N) is 1. The zero-order valence-electron chi connectivity index (χ0n) is 16.5. The Hall–Kier alpha value is -2.44. The molecule has 1 N–H and O–H groups in total. The minimum absolute atomic E-state index is 0.116. The molecule has 3 rings (SSSR count). The summed E-state index contributed by atoms with van der Waals surface area (Å²) in [5.74, 6) is -0.458. The molecular formula is C22H25ClFN3O2. The Morgan fingerprint density at radius 2 is 1.86 bits per heavy atom. The molecule has 0 bridgehead atoms. The maximum atomic E-state index is 13.2. The number of benzene rings is 2. The highest BCUT2D eigenvalue weighted by molar-refractivity contribution is 6.31. The van der Waals surface area contributed by atoms with Crippen LogP contribution in [0.1, 0.15) is 17.5 Å². The van der Waals surface area contributed by atoms with Crippen LogP contribution in [0.25, 0.3) is 0 Å². The van der Waals surface area contributed by atoms with Crippen LogP contribution in [-0.2, 0) is 16.0 Å². The molecule has 7 heteroatoms. The molecule has 1 heterocycles. The normalized spacial score (nSPS) is 14.7. The van der Waals surface area contributed by atoms with Gasteiger partial charge in [-0.25, -0.2) is 4.39 Å². The predicted molar refractivity (Wildman–Crippen MR) is 113 cm³/mol. The van der Waals surface area contributed by atoms with Crippen LogP contribution in [0.2, 0.25) is 5.02 Å². The maximum absolute atomic E-state index is 13.2. The van der Waals surface area contributed by atoms with E-state index in [-0.39, 0.29) is 24.2 Å². The van der Waals surface area contributed by atoms with Crippen molar-refractivity contribution in [2.45, 2.75) is 19.8 Å². The van der Waals surface area contributed by atoms with E-state index in [2.05, 4.69) is 5.32 Å². The lowest BCUT2D eigenvalue weighted by Gasteiger charge is -2.34. The second-order valence-electron chi connectivity index (χ2n) is 7.30. The summed E-state index contributed by atoms with van der Waals surface area (Å²) in [6.07, 6.45) is 1.11. The largest absolute Gasteiger partial charge is 0.340 e. The van der Waals surface area contributed by atoms with Gasteiger partial charge < -0.3 is 10.2 Å². The van der Waals surface area contributed by atoms with Gasteiger partial charge in [-0.3, -0.25) is 14.5 Å². The molecule has 1 saturated heterocycles. The van der Waals surface area contributed by atoms with Crippen molar-refractivity contribution in [3.63, 3.8) is 0 Å². The highest BCUT2D eigenvalue weighted by atomic mass is 35.5. The van der Waals surface area contributed by atoms with E-state index in [1.807, 2.05) is 34.9 Å². The number of amides is 2. The van der Waals surface area contributed by atoms with Crippen LogP contribution in [0.4, 0.5) is 10.1 Å². The van der Waals surface area contributed by atoms with Crippen molar-refractivity contribution < 1.29 is 14.0 Å². The molecule has 154 valence electrons. The first-order chi connectivity index (χ1) is 13.9. The SMILES string of the molecule is Cc1ccc(CCC(=O)N2CCN(CC(=O)Nc3cccc(F)c3)CC2)cc1Cl. The van der Waals surface area contributed by atoms with Gasteiger partial charge in [0.2, 0.25) is 11.8 Å². The molecule has 0 spiro atoms. The van der Waals surface area contributed by atoms with Gasteiger partial charge in [0.15, 0.2) is 0 Å². The first-order valence-electron chi connectivity index (χ1n) is 9.71. The molecule has 29 heavy (non-hydrogen) atoms. The van der Waals surface area contributed by atoms with Crippen LogP contribution in [0.5, 0.6) is 0 Å². The molecule has 2 aromatic carbocycles. The van der Waals surface area contributed by atoms with E-state index in [0.29, 0.717) is 44.7 Å². The van der Waals surface area contributed by atoms with Gasteiger partial charge in [0.05, 0.1) is 6.54 Å². The summed E-state index contributed by atoms with van der Waals surface area (Å²) in [4.78, 5) is 28.5. The third-order valence-electron chi connectivity index (χ3n) is 5.06. The van der Waals surface area contributed by atoms with Crippen LogP contribution >= 0.6 is 11.6 Å². The van der Waals surface area contributed by atoms with Crippen molar-refractivity contribution in [1.29, 1.82) is 0 Å². The van der Waals surface area contributed by atoms with Gasteiger partial charge in [-0.15, -0.1) is 0 Å². The fourth-order valence-electron chi connectivity index (χ4n) is 3.33. The number of carbonyl (C=O) groups excluding carboxylic acids is 2. The monoisotopic (exact) mass is 417 g/mol. The van der Waals surface area contributed by atoms with Crippen LogP contribution in [-0.4, -0.2) is 54.3 Å². The molecule has 1 aliphatic heterocycles. The van der Waals surface area contributed by atoms with Gasteiger partial charge >= 0.3 is 0 Å². The minimum atomic E-state index is -0.386. The number of piperazine rings is 1. The lowest BCUT2D eigenvalue weighted by Crippen LogP contribution is -2.50. The number of aryl methyl sites for hydroxylation is 2. The third kappa shape index (κ3) is 6.27. The Kier molecular flexibility index (Phi) is 7.23. The number of anilines is 1. The molecule has 1 fully saturated rings. The number of hydrogen-bond donors (Lipinski definition) is 1. The molecule has 0 aliphatic carbocycles. The van der Waals surface area contributed by atoms with Crippen LogP contribution < -0.4 is 5.32 Å². The van der Waals surface area contributed by atoms with Crippen molar-refractivity contribution >= 4 is 29.1 Å². The Balaban J connectivity index is 1.40. The molecule has 0 unspecified atom stereocenters. The molecule has 0 aromatic heterocycles. The topological polar surface area (TPSA) is 52.7 Å². The summed E-state index contributed by atoms with van der Waals surface area (Å²) in [5.41, 5.74) is 2.53. The smallest absolute Gasteiger partial charge is 0.238 e. The molecule has 0 radical (unpaired) electrons. The third-order valence-corrected chi connectivity index (χ3v) is 5.47. The van der Waals surface area contributed by atoms with E-state index in [4.69, 9.17) is 11.6 Å². The van der Waals surface area contributed by atoms with Gasteiger partial charge in [-0.1, -0.05) is 29.8 Å². The first kappa shape index (κ1) is 21.3. The minimum Gasteiger partial charge on any atom is -0.340 e. The van der Waals surface area contributed by atoms with Crippen LogP contribution in [0.3, 0.4) is 0 Å². The summed E-state index contributed by atoms with van der Waals surface area (Å²) in [7, 11) is 0. The maximum Gasteiger partial charge on any atom is 0.238 e. The summed E-state index contributed by atoms with van der Waals surface area (Å²) < 4.78 is 13.2. The Labute approximate surface area is 175 Å². The van der Waals surface area contributed by atoms with E-state index in [1.54, 1.807) is 12.1 Å². The van der Waals surface area contributed by atoms with E-state index < -0.39 is 0 Å². The fourth-order valence-corrected chi connectivity index (χ4v) is 3.53. The standard InChI is InChI=1S/C22H25ClFN3O2/c1-16-5-6-17(13-20(16)23)7-8-22(29)27-11-9-26(10-12-27)15-21(28)25-19-4-2-3-18(24)14-19/h2-6,13-14H,7-12,15H2,1H3,(H,25,28). The number of hydrogen-bond acceptors (Lipinski definition) is 3. The lowest BCUT2D eigenvalue weighted by molar-refractivity contribution is -0.133. The number of carbonyl (C=O) groups is 2. The summed E-state index contributed by atoms with van der Waals surface area (Å²) in [6.45, 7) is 4.65. The molecule has 2 aromatic rings. The lowest BCUT2D eigenvalue weighted by atomic mass is 10.1. The summed E-state index contributed by atoms with van der Waals surface area (Å²) in [6, 6.07) is 11.7. The molecule has 0 saturated carbocycles. The van der Waals surface area contributed by atoms with Gasteiger partial charge in [-0.05, 0) is 48.7 Å².